The zero-order valence-corrected chi connectivity index (χ0v) is 14.8. The number of allylic oxidation sites excluding steroid dienone is 1. The SMILES string of the molecule is CCC(=CC(=O)N1CCCC(c2nc(C)c(C(=O)O)s2)C1)CC. The van der Waals surface area contributed by atoms with Crippen molar-refractivity contribution in [2.24, 2.45) is 0 Å². The summed E-state index contributed by atoms with van der Waals surface area (Å²) in [6.45, 7) is 7.25. The van der Waals surface area contributed by atoms with Crippen molar-refractivity contribution in [2.75, 3.05) is 13.1 Å². The van der Waals surface area contributed by atoms with E-state index in [1.165, 1.54) is 11.3 Å². The van der Waals surface area contributed by atoms with Crippen LogP contribution >= 0.6 is 11.3 Å². The fourth-order valence-corrected chi connectivity index (χ4v) is 3.92. The van der Waals surface area contributed by atoms with E-state index < -0.39 is 5.97 Å². The van der Waals surface area contributed by atoms with Crippen molar-refractivity contribution < 1.29 is 14.7 Å². The second-order valence-corrected chi connectivity index (χ2v) is 6.94. The molecule has 5 nitrogen and oxygen atoms in total. The van der Waals surface area contributed by atoms with Crippen LogP contribution in [0, 0.1) is 6.92 Å². The summed E-state index contributed by atoms with van der Waals surface area (Å²) in [6, 6.07) is 0. The number of rotatable bonds is 5. The molecule has 1 atom stereocenters. The van der Waals surface area contributed by atoms with E-state index >= 15 is 0 Å². The molecule has 0 saturated carbocycles. The number of piperidine rings is 1. The van der Waals surface area contributed by atoms with Crippen molar-refractivity contribution in [3.05, 3.63) is 27.2 Å². The number of nitrogens with zero attached hydrogens (tertiary/aromatic N) is 2. The molecule has 0 aromatic carbocycles. The van der Waals surface area contributed by atoms with Crippen molar-refractivity contribution >= 4 is 23.2 Å². The predicted molar refractivity (Wildman–Crippen MR) is 91.0 cm³/mol. The lowest BCUT2D eigenvalue weighted by molar-refractivity contribution is -0.127. The molecule has 1 saturated heterocycles. The highest BCUT2D eigenvalue weighted by atomic mass is 32.1. The maximum atomic E-state index is 12.4. The first-order valence-corrected chi connectivity index (χ1v) is 8.96. The Balaban J connectivity index is 2.12. The summed E-state index contributed by atoms with van der Waals surface area (Å²) in [5.41, 5.74) is 1.73. The van der Waals surface area contributed by atoms with Gasteiger partial charge in [-0.05, 0) is 32.6 Å². The fourth-order valence-electron chi connectivity index (χ4n) is 2.89. The summed E-state index contributed by atoms with van der Waals surface area (Å²) in [5, 5.41) is 10.0. The quantitative estimate of drug-likeness (QED) is 0.834. The van der Waals surface area contributed by atoms with E-state index in [2.05, 4.69) is 18.8 Å². The average molecular weight is 336 g/mol. The zero-order chi connectivity index (χ0) is 17.0. The van der Waals surface area contributed by atoms with Crippen LogP contribution < -0.4 is 0 Å². The summed E-state index contributed by atoms with van der Waals surface area (Å²) in [5.74, 6) is -0.710. The number of aryl methyl sites for hydroxylation is 1. The third-order valence-corrected chi connectivity index (χ3v) is 5.63. The smallest absolute Gasteiger partial charge is 0.347 e. The van der Waals surface area contributed by atoms with Gasteiger partial charge < -0.3 is 10.0 Å². The Labute approximate surface area is 141 Å². The number of thiazole rings is 1. The third-order valence-electron chi connectivity index (χ3n) is 4.33. The lowest BCUT2D eigenvalue weighted by Crippen LogP contribution is -2.38. The van der Waals surface area contributed by atoms with E-state index in [0.717, 1.165) is 42.8 Å². The van der Waals surface area contributed by atoms with E-state index in [4.69, 9.17) is 5.11 Å². The molecule has 1 aromatic rings. The topological polar surface area (TPSA) is 70.5 Å². The van der Waals surface area contributed by atoms with Crippen LogP contribution in [0.1, 0.15) is 65.8 Å². The number of hydrogen-bond acceptors (Lipinski definition) is 4. The van der Waals surface area contributed by atoms with E-state index in [9.17, 15) is 9.59 Å². The van der Waals surface area contributed by atoms with Gasteiger partial charge in [-0.15, -0.1) is 11.3 Å². The summed E-state index contributed by atoms with van der Waals surface area (Å²) in [4.78, 5) is 30.2. The molecule has 1 N–H and O–H groups in total. The molecule has 2 rings (SSSR count). The predicted octanol–water partition coefficient (Wildman–Crippen LogP) is 3.60. The van der Waals surface area contributed by atoms with Crippen molar-refractivity contribution in [1.29, 1.82) is 0 Å². The van der Waals surface area contributed by atoms with Gasteiger partial charge in [0, 0.05) is 25.1 Å². The van der Waals surface area contributed by atoms with Gasteiger partial charge in [0.25, 0.3) is 0 Å². The maximum absolute atomic E-state index is 12.4. The molecule has 0 spiro atoms. The highest BCUT2D eigenvalue weighted by molar-refractivity contribution is 7.13. The minimum atomic E-state index is -0.923. The third kappa shape index (κ3) is 4.19. The van der Waals surface area contributed by atoms with Crippen molar-refractivity contribution in [2.45, 2.75) is 52.4 Å². The maximum Gasteiger partial charge on any atom is 0.347 e. The number of aromatic nitrogens is 1. The Kier molecular flexibility index (Phi) is 5.93. The molecule has 126 valence electrons. The van der Waals surface area contributed by atoms with Crippen LogP contribution in [-0.2, 0) is 4.79 Å². The highest BCUT2D eigenvalue weighted by Crippen LogP contribution is 2.31. The van der Waals surface area contributed by atoms with Crippen LogP contribution in [0.15, 0.2) is 11.6 Å². The van der Waals surface area contributed by atoms with E-state index in [0.29, 0.717) is 17.1 Å². The Morgan fingerprint density at radius 3 is 2.65 bits per heavy atom. The molecule has 1 unspecified atom stereocenters. The van der Waals surface area contributed by atoms with E-state index in [1.54, 1.807) is 13.0 Å². The Bertz CT molecular complexity index is 615. The molecule has 0 bridgehead atoms. The monoisotopic (exact) mass is 336 g/mol. The summed E-state index contributed by atoms with van der Waals surface area (Å²) in [6.07, 6.45) is 5.44. The normalized spacial score (nSPS) is 17.9. The minimum absolute atomic E-state index is 0.0696. The van der Waals surface area contributed by atoms with Gasteiger partial charge in [0.05, 0.1) is 10.7 Å². The van der Waals surface area contributed by atoms with Gasteiger partial charge in [-0.3, -0.25) is 4.79 Å². The van der Waals surface area contributed by atoms with Crippen molar-refractivity contribution in [1.82, 2.24) is 9.88 Å². The van der Waals surface area contributed by atoms with Crippen LogP contribution in [0.25, 0.3) is 0 Å². The first-order valence-electron chi connectivity index (χ1n) is 8.15. The molecule has 1 aliphatic heterocycles. The molecule has 1 aromatic heterocycles. The van der Waals surface area contributed by atoms with Crippen LogP contribution in [0.3, 0.4) is 0 Å². The molecular formula is C17H24N2O3S. The molecule has 23 heavy (non-hydrogen) atoms. The first-order chi connectivity index (χ1) is 11.0. The first kappa shape index (κ1) is 17.7. The second-order valence-electron chi connectivity index (χ2n) is 5.90. The fraction of sp³-hybridized carbons (Fsp3) is 0.588. The van der Waals surface area contributed by atoms with E-state index in [-0.39, 0.29) is 11.8 Å². The van der Waals surface area contributed by atoms with Crippen LogP contribution in [-0.4, -0.2) is 40.0 Å². The average Bonchev–Trinajstić information content (AvgIpc) is 2.94. The van der Waals surface area contributed by atoms with Gasteiger partial charge in [-0.2, -0.15) is 0 Å². The number of carboxylic acids is 1. The Morgan fingerprint density at radius 2 is 2.09 bits per heavy atom. The number of hydrogen-bond donors (Lipinski definition) is 1. The lowest BCUT2D eigenvalue weighted by Gasteiger charge is -2.31. The second kappa shape index (κ2) is 7.73. The van der Waals surface area contributed by atoms with Gasteiger partial charge in [0.2, 0.25) is 5.91 Å². The van der Waals surface area contributed by atoms with Gasteiger partial charge in [-0.25, -0.2) is 9.78 Å². The zero-order valence-electron chi connectivity index (χ0n) is 14.0. The molecule has 2 heterocycles. The van der Waals surface area contributed by atoms with Crippen molar-refractivity contribution in [3.8, 4) is 0 Å². The number of carbonyl (C=O) groups excluding carboxylic acids is 1. The summed E-state index contributed by atoms with van der Waals surface area (Å²) in [7, 11) is 0. The molecule has 1 fully saturated rings. The molecule has 6 heteroatoms. The molecule has 0 radical (unpaired) electrons. The lowest BCUT2D eigenvalue weighted by atomic mass is 9.98. The Morgan fingerprint density at radius 1 is 1.39 bits per heavy atom. The number of likely N-dealkylation sites (tertiary alicyclic amines) is 1. The molecule has 1 aliphatic rings. The van der Waals surface area contributed by atoms with E-state index in [1.807, 2.05) is 4.90 Å². The highest BCUT2D eigenvalue weighted by Gasteiger charge is 2.27. The van der Waals surface area contributed by atoms with Crippen LogP contribution in [0.5, 0.6) is 0 Å². The standard InChI is InChI=1S/C17H24N2O3S/c1-4-12(5-2)9-14(20)19-8-6-7-13(10-19)16-18-11(3)15(23-16)17(21)22/h9,13H,4-8,10H2,1-3H3,(H,21,22). The number of amides is 1. The number of carboxylic acid groups (broad SMARTS) is 1. The van der Waals surface area contributed by atoms with Crippen molar-refractivity contribution in [3.63, 3.8) is 0 Å². The van der Waals surface area contributed by atoms with Crippen LogP contribution in [0.4, 0.5) is 0 Å². The summed E-state index contributed by atoms with van der Waals surface area (Å²) < 4.78 is 0. The summed E-state index contributed by atoms with van der Waals surface area (Å²) >= 11 is 1.25. The molecule has 0 aliphatic carbocycles. The van der Waals surface area contributed by atoms with Gasteiger partial charge >= 0.3 is 5.97 Å². The van der Waals surface area contributed by atoms with Gasteiger partial charge in [-0.1, -0.05) is 19.4 Å². The molecular weight excluding hydrogens is 312 g/mol. The molecule has 1 amide bonds. The minimum Gasteiger partial charge on any atom is -0.477 e. The largest absolute Gasteiger partial charge is 0.477 e. The van der Waals surface area contributed by atoms with Gasteiger partial charge in [0.15, 0.2) is 0 Å². The Hall–Kier alpha value is -1.69. The number of carbonyl (C=O) groups is 2. The van der Waals surface area contributed by atoms with Gasteiger partial charge in [0.1, 0.15) is 4.88 Å². The van der Waals surface area contributed by atoms with Crippen LogP contribution in [0.2, 0.25) is 0 Å². The number of aromatic carboxylic acids is 1.